The Morgan fingerprint density at radius 2 is 1.73 bits per heavy atom. The summed E-state index contributed by atoms with van der Waals surface area (Å²) in [5.41, 5.74) is 0. The van der Waals surface area contributed by atoms with E-state index >= 15 is 0 Å². The molecule has 0 aliphatic heterocycles. The van der Waals surface area contributed by atoms with E-state index in [1.165, 1.54) is 0 Å². The summed E-state index contributed by atoms with van der Waals surface area (Å²) in [5, 5.41) is 23.9. The molecule has 11 heavy (non-hydrogen) atoms. The van der Waals surface area contributed by atoms with Crippen LogP contribution in [-0.2, 0) is 0 Å². The predicted octanol–water partition coefficient (Wildman–Crippen LogP) is 0.304. The van der Waals surface area contributed by atoms with E-state index in [9.17, 15) is 0 Å². The van der Waals surface area contributed by atoms with Gasteiger partial charge in [-0.3, -0.25) is 0 Å². The van der Waals surface area contributed by atoms with Crippen molar-refractivity contribution >= 4 is 0 Å². The van der Waals surface area contributed by atoms with Crippen molar-refractivity contribution in [2.24, 2.45) is 0 Å². The quantitative estimate of drug-likeness (QED) is 0.523. The second kappa shape index (κ2) is 12.3. The van der Waals surface area contributed by atoms with Gasteiger partial charge in [-0.25, -0.2) is 0 Å². The van der Waals surface area contributed by atoms with E-state index in [4.69, 9.17) is 15.3 Å². The molecule has 0 aromatic rings. The SMILES string of the molecule is C/C=C/CC(C)O.OCCO. The highest BCUT2D eigenvalue weighted by Crippen LogP contribution is 1.88. The molecule has 0 saturated heterocycles. The zero-order valence-corrected chi connectivity index (χ0v) is 7.20. The molecule has 0 aromatic heterocycles. The van der Waals surface area contributed by atoms with Gasteiger partial charge in [0.15, 0.2) is 0 Å². The third-order valence-corrected chi connectivity index (χ3v) is 0.813. The zero-order valence-electron chi connectivity index (χ0n) is 7.20. The van der Waals surface area contributed by atoms with Crippen LogP contribution in [0.1, 0.15) is 20.3 Å². The van der Waals surface area contributed by atoms with Gasteiger partial charge in [-0.2, -0.15) is 0 Å². The van der Waals surface area contributed by atoms with Gasteiger partial charge < -0.3 is 15.3 Å². The molecule has 0 radical (unpaired) electrons. The van der Waals surface area contributed by atoms with Gasteiger partial charge in [0.1, 0.15) is 0 Å². The highest BCUT2D eigenvalue weighted by molar-refractivity contribution is 4.78. The van der Waals surface area contributed by atoms with E-state index in [0.29, 0.717) is 0 Å². The predicted molar refractivity (Wildman–Crippen MR) is 45.3 cm³/mol. The molecule has 0 aliphatic carbocycles. The molecule has 0 aromatic carbocycles. The van der Waals surface area contributed by atoms with E-state index in [0.717, 1.165) is 6.42 Å². The molecule has 1 atom stereocenters. The first-order valence-electron chi connectivity index (χ1n) is 3.70. The lowest BCUT2D eigenvalue weighted by Crippen LogP contribution is -1.94. The molecule has 0 saturated carbocycles. The van der Waals surface area contributed by atoms with Crippen LogP contribution in [0.5, 0.6) is 0 Å². The number of hydrogen-bond donors (Lipinski definition) is 3. The molecule has 0 aliphatic rings. The van der Waals surface area contributed by atoms with Crippen LogP contribution in [-0.4, -0.2) is 34.6 Å². The highest BCUT2D eigenvalue weighted by atomic mass is 16.3. The van der Waals surface area contributed by atoms with E-state index in [1.807, 2.05) is 19.1 Å². The van der Waals surface area contributed by atoms with Crippen LogP contribution in [0.2, 0.25) is 0 Å². The molecular formula is C8H18O3. The molecule has 0 spiro atoms. The molecule has 0 rings (SSSR count). The number of allylic oxidation sites excluding steroid dienone is 1. The van der Waals surface area contributed by atoms with Crippen LogP contribution in [0.4, 0.5) is 0 Å². The van der Waals surface area contributed by atoms with E-state index in [1.54, 1.807) is 6.92 Å². The molecule has 0 amide bonds. The minimum atomic E-state index is -0.184. The lowest BCUT2D eigenvalue weighted by atomic mass is 10.3. The number of aliphatic hydroxyl groups excluding tert-OH is 3. The van der Waals surface area contributed by atoms with Crippen LogP contribution >= 0.6 is 0 Å². The van der Waals surface area contributed by atoms with Gasteiger partial charge in [0, 0.05) is 0 Å². The van der Waals surface area contributed by atoms with Gasteiger partial charge in [0.05, 0.1) is 19.3 Å². The van der Waals surface area contributed by atoms with Crippen molar-refractivity contribution in [3.8, 4) is 0 Å². The van der Waals surface area contributed by atoms with Crippen LogP contribution in [0.15, 0.2) is 12.2 Å². The topological polar surface area (TPSA) is 60.7 Å². The molecule has 3 N–H and O–H groups in total. The lowest BCUT2D eigenvalue weighted by Gasteiger charge is -1.93. The van der Waals surface area contributed by atoms with Crippen molar-refractivity contribution in [2.45, 2.75) is 26.4 Å². The summed E-state index contributed by atoms with van der Waals surface area (Å²) in [6.45, 7) is 3.47. The number of rotatable bonds is 3. The molecule has 0 heterocycles. The average Bonchev–Trinajstić information content (AvgIpc) is 2.01. The van der Waals surface area contributed by atoms with E-state index in [-0.39, 0.29) is 19.3 Å². The van der Waals surface area contributed by atoms with Crippen molar-refractivity contribution < 1.29 is 15.3 Å². The summed E-state index contributed by atoms with van der Waals surface area (Å²) in [6, 6.07) is 0. The first-order valence-corrected chi connectivity index (χ1v) is 3.70. The summed E-state index contributed by atoms with van der Waals surface area (Å²) >= 11 is 0. The highest BCUT2D eigenvalue weighted by Gasteiger charge is 1.85. The first-order chi connectivity index (χ1) is 5.18. The van der Waals surface area contributed by atoms with Crippen LogP contribution in [0, 0.1) is 0 Å². The Bertz CT molecular complexity index is 77.4. The second-order valence-corrected chi connectivity index (χ2v) is 2.10. The minimum absolute atomic E-state index is 0.125. The van der Waals surface area contributed by atoms with Gasteiger partial charge in [-0.05, 0) is 20.3 Å². The van der Waals surface area contributed by atoms with Crippen molar-refractivity contribution in [3.05, 3.63) is 12.2 Å². The third-order valence-electron chi connectivity index (χ3n) is 0.813. The Kier molecular flexibility index (Phi) is 14.8. The molecule has 68 valence electrons. The largest absolute Gasteiger partial charge is 0.394 e. The number of aliphatic hydroxyl groups is 3. The summed E-state index contributed by atoms with van der Waals surface area (Å²) < 4.78 is 0. The van der Waals surface area contributed by atoms with Crippen LogP contribution < -0.4 is 0 Å². The monoisotopic (exact) mass is 162 g/mol. The molecular weight excluding hydrogens is 144 g/mol. The van der Waals surface area contributed by atoms with Crippen molar-refractivity contribution in [3.63, 3.8) is 0 Å². The molecule has 0 bridgehead atoms. The number of hydrogen-bond acceptors (Lipinski definition) is 3. The molecule has 3 nitrogen and oxygen atoms in total. The van der Waals surface area contributed by atoms with Gasteiger partial charge in [-0.1, -0.05) is 12.2 Å². The molecule has 1 unspecified atom stereocenters. The Morgan fingerprint density at radius 3 is 1.82 bits per heavy atom. The summed E-state index contributed by atoms with van der Waals surface area (Å²) in [6.07, 6.45) is 4.48. The fourth-order valence-corrected chi connectivity index (χ4v) is 0.333. The average molecular weight is 162 g/mol. The zero-order chi connectivity index (χ0) is 9.11. The maximum Gasteiger partial charge on any atom is 0.0662 e. The fourth-order valence-electron chi connectivity index (χ4n) is 0.333. The smallest absolute Gasteiger partial charge is 0.0662 e. The second-order valence-electron chi connectivity index (χ2n) is 2.10. The maximum atomic E-state index is 8.63. The standard InChI is InChI=1S/C6H12O.C2H6O2/c1-3-4-5-6(2)7;3-1-2-4/h3-4,6-7H,5H2,1-2H3;3-4H,1-2H2/b4-3+;. The van der Waals surface area contributed by atoms with E-state index < -0.39 is 0 Å². The van der Waals surface area contributed by atoms with Crippen LogP contribution in [0.3, 0.4) is 0 Å². The first kappa shape index (κ1) is 13.2. The van der Waals surface area contributed by atoms with Crippen molar-refractivity contribution in [1.82, 2.24) is 0 Å². The Labute approximate surface area is 68.0 Å². The summed E-state index contributed by atoms with van der Waals surface area (Å²) in [7, 11) is 0. The van der Waals surface area contributed by atoms with Crippen molar-refractivity contribution in [1.29, 1.82) is 0 Å². The summed E-state index contributed by atoms with van der Waals surface area (Å²) in [5.74, 6) is 0. The molecule has 0 fully saturated rings. The van der Waals surface area contributed by atoms with Gasteiger partial charge in [-0.15, -0.1) is 0 Å². The Balaban J connectivity index is 0. The van der Waals surface area contributed by atoms with Crippen molar-refractivity contribution in [2.75, 3.05) is 13.2 Å². The maximum absolute atomic E-state index is 8.63. The lowest BCUT2D eigenvalue weighted by molar-refractivity contribution is 0.186. The van der Waals surface area contributed by atoms with Gasteiger partial charge in [0.25, 0.3) is 0 Å². The molecule has 3 heteroatoms. The van der Waals surface area contributed by atoms with Gasteiger partial charge >= 0.3 is 0 Å². The van der Waals surface area contributed by atoms with Crippen LogP contribution in [0.25, 0.3) is 0 Å². The summed E-state index contributed by atoms with van der Waals surface area (Å²) in [4.78, 5) is 0. The van der Waals surface area contributed by atoms with Gasteiger partial charge in [0.2, 0.25) is 0 Å². The fraction of sp³-hybridized carbons (Fsp3) is 0.750. The Morgan fingerprint density at radius 1 is 1.27 bits per heavy atom. The normalized spacial score (nSPS) is 12.5. The minimum Gasteiger partial charge on any atom is -0.394 e. The third kappa shape index (κ3) is 26.2. The Hall–Kier alpha value is -0.380. The van der Waals surface area contributed by atoms with E-state index in [2.05, 4.69) is 0 Å².